The van der Waals surface area contributed by atoms with Gasteiger partial charge in [-0.05, 0) is 25.7 Å². The summed E-state index contributed by atoms with van der Waals surface area (Å²) in [6, 6.07) is 0. The molecule has 0 fully saturated rings. The highest BCUT2D eigenvalue weighted by Gasteiger charge is 2.31. The van der Waals surface area contributed by atoms with Crippen LogP contribution in [-0.2, 0) is 14.3 Å². The van der Waals surface area contributed by atoms with E-state index >= 15 is 0 Å². The van der Waals surface area contributed by atoms with E-state index in [0.29, 0.717) is 0 Å². The first kappa shape index (κ1) is 11.7. The fourth-order valence-electron chi connectivity index (χ4n) is 1.81. The van der Waals surface area contributed by atoms with Crippen molar-refractivity contribution >= 4 is 11.8 Å². The van der Waals surface area contributed by atoms with Crippen molar-refractivity contribution in [2.24, 2.45) is 11.8 Å². The van der Waals surface area contributed by atoms with E-state index in [1.54, 1.807) is 0 Å². The maximum absolute atomic E-state index is 11.5. The first-order valence-corrected chi connectivity index (χ1v) is 5.08. The molecule has 3 nitrogen and oxygen atoms in total. The van der Waals surface area contributed by atoms with E-state index in [2.05, 4.69) is 4.74 Å². The number of carbonyl (C=O) groups excluding carboxylic acids is 2. The van der Waals surface area contributed by atoms with Gasteiger partial charge in [0, 0.05) is 0 Å². The lowest BCUT2D eigenvalue weighted by atomic mass is 9.86. The van der Waals surface area contributed by atoms with Crippen LogP contribution in [0.15, 0.2) is 24.3 Å². The number of hydrogen-bond donors (Lipinski definition) is 0. The Kier molecular flexibility index (Phi) is 4.28. The summed E-state index contributed by atoms with van der Waals surface area (Å²) >= 11 is 0. The fraction of sp³-hybridized carbons (Fsp3) is 0.500. The number of ketones is 1. The Morgan fingerprint density at radius 3 is 2.73 bits per heavy atom. The molecular weight excluding hydrogens is 192 g/mol. The summed E-state index contributed by atoms with van der Waals surface area (Å²) in [6.07, 6.45) is 9.47. The fourth-order valence-corrected chi connectivity index (χ4v) is 1.81. The lowest BCUT2D eigenvalue weighted by Gasteiger charge is -2.18. The monoisotopic (exact) mass is 208 g/mol. The minimum absolute atomic E-state index is 0.0371. The van der Waals surface area contributed by atoms with E-state index in [9.17, 15) is 9.59 Å². The van der Waals surface area contributed by atoms with Crippen molar-refractivity contribution in [1.82, 2.24) is 0 Å². The zero-order chi connectivity index (χ0) is 11.3. The Bertz CT molecular complexity index is 302. The summed E-state index contributed by atoms with van der Waals surface area (Å²) in [4.78, 5) is 22.9. The molecule has 0 aromatic carbocycles. The number of hydrogen-bond acceptors (Lipinski definition) is 3. The van der Waals surface area contributed by atoms with Gasteiger partial charge in [0.1, 0.15) is 11.7 Å². The van der Waals surface area contributed by atoms with Crippen LogP contribution in [0.3, 0.4) is 0 Å². The highest BCUT2D eigenvalue weighted by atomic mass is 16.5. The number of esters is 1. The summed E-state index contributed by atoms with van der Waals surface area (Å²) in [7, 11) is 1.32. The predicted molar refractivity (Wildman–Crippen MR) is 57.2 cm³/mol. The van der Waals surface area contributed by atoms with E-state index < -0.39 is 11.9 Å². The normalized spacial score (nSPS) is 21.9. The van der Waals surface area contributed by atoms with Gasteiger partial charge >= 0.3 is 5.97 Å². The third-order valence-electron chi connectivity index (χ3n) is 2.59. The topological polar surface area (TPSA) is 43.4 Å². The molecule has 2 atom stereocenters. The quantitative estimate of drug-likeness (QED) is 0.525. The van der Waals surface area contributed by atoms with Gasteiger partial charge in [-0.2, -0.15) is 0 Å². The minimum atomic E-state index is -0.647. The third-order valence-corrected chi connectivity index (χ3v) is 2.59. The van der Waals surface area contributed by atoms with Gasteiger partial charge in [0.05, 0.1) is 7.11 Å². The number of Topliss-reactive ketones (excluding diaryl/α,β-unsaturated/α-hetero) is 1. The van der Waals surface area contributed by atoms with Gasteiger partial charge in [-0.3, -0.25) is 9.59 Å². The summed E-state index contributed by atoms with van der Waals surface area (Å²) in [5.41, 5.74) is 0. The molecule has 0 amide bonds. The molecule has 0 saturated carbocycles. The van der Waals surface area contributed by atoms with Crippen molar-refractivity contribution in [2.45, 2.75) is 19.8 Å². The van der Waals surface area contributed by atoms with Crippen LogP contribution in [0.25, 0.3) is 0 Å². The van der Waals surface area contributed by atoms with Crippen molar-refractivity contribution in [3.05, 3.63) is 24.3 Å². The van der Waals surface area contributed by atoms with Gasteiger partial charge in [-0.15, -0.1) is 0 Å². The number of allylic oxidation sites excluding steroid dienone is 4. The molecule has 0 aromatic rings. The molecule has 0 saturated heterocycles. The Hall–Kier alpha value is -1.38. The zero-order valence-corrected chi connectivity index (χ0v) is 9.10. The summed E-state index contributed by atoms with van der Waals surface area (Å²) < 4.78 is 4.65. The number of methoxy groups -OCH3 is 1. The Balaban J connectivity index is 2.80. The van der Waals surface area contributed by atoms with Crippen molar-refractivity contribution < 1.29 is 14.3 Å². The minimum Gasteiger partial charge on any atom is -0.468 e. The van der Waals surface area contributed by atoms with Gasteiger partial charge in [0.2, 0.25) is 0 Å². The van der Waals surface area contributed by atoms with Gasteiger partial charge in [-0.25, -0.2) is 0 Å². The van der Waals surface area contributed by atoms with Gasteiger partial charge in [-0.1, -0.05) is 24.3 Å². The predicted octanol–water partition coefficient (Wildman–Crippen LogP) is 1.89. The maximum Gasteiger partial charge on any atom is 0.316 e. The lowest BCUT2D eigenvalue weighted by Crippen LogP contribution is -2.30. The second-order valence-corrected chi connectivity index (χ2v) is 3.67. The highest BCUT2D eigenvalue weighted by molar-refractivity contribution is 5.98. The third kappa shape index (κ3) is 3.05. The maximum atomic E-state index is 11.5. The summed E-state index contributed by atoms with van der Waals surface area (Å²) in [5.74, 6) is -1.24. The molecule has 0 radical (unpaired) electrons. The molecule has 1 aliphatic rings. The molecule has 1 unspecified atom stereocenters. The van der Waals surface area contributed by atoms with Crippen LogP contribution in [0.2, 0.25) is 0 Å². The molecule has 3 heteroatoms. The number of ether oxygens (including phenoxy) is 1. The average molecular weight is 208 g/mol. The van der Waals surface area contributed by atoms with Crippen molar-refractivity contribution in [3.8, 4) is 0 Å². The van der Waals surface area contributed by atoms with Gasteiger partial charge in [0.15, 0.2) is 0 Å². The molecule has 15 heavy (non-hydrogen) atoms. The smallest absolute Gasteiger partial charge is 0.316 e. The highest BCUT2D eigenvalue weighted by Crippen LogP contribution is 2.23. The Morgan fingerprint density at radius 1 is 1.40 bits per heavy atom. The lowest BCUT2D eigenvalue weighted by molar-refractivity contribution is -0.150. The molecule has 0 bridgehead atoms. The second kappa shape index (κ2) is 5.49. The molecule has 0 aliphatic heterocycles. The Labute approximate surface area is 89.8 Å². The van der Waals surface area contributed by atoms with E-state index in [4.69, 9.17) is 0 Å². The van der Waals surface area contributed by atoms with Crippen LogP contribution in [0, 0.1) is 11.8 Å². The van der Waals surface area contributed by atoms with Crippen LogP contribution in [0.5, 0.6) is 0 Å². The molecule has 82 valence electrons. The molecular formula is C12H16O3. The molecule has 0 aromatic heterocycles. The first-order chi connectivity index (χ1) is 7.16. The van der Waals surface area contributed by atoms with E-state index in [-0.39, 0.29) is 11.7 Å². The van der Waals surface area contributed by atoms with Gasteiger partial charge in [0.25, 0.3) is 0 Å². The van der Waals surface area contributed by atoms with Crippen molar-refractivity contribution in [1.29, 1.82) is 0 Å². The van der Waals surface area contributed by atoms with Crippen LogP contribution in [0.4, 0.5) is 0 Å². The van der Waals surface area contributed by atoms with Crippen LogP contribution in [0.1, 0.15) is 19.8 Å². The summed E-state index contributed by atoms with van der Waals surface area (Å²) in [6.45, 7) is 1.44. The largest absolute Gasteiger partial charge is 0.468 e. The zero-order valence-electron chi connectivity index (χ0n) is 9.10. The molecule has 0 heterocycles. The Morgan fingerprint density at radius 2 is 2.13 bits per heavy atom. The van der Waals surface area contributed by atoms with E-state index in [0.717, 1.165) is 12.8 Å². The van der Waals surface area contributed by atoms with Crippen molar-refractivity contribution in [3.63, 3.8) is 0 Å². The summed E-state index contributed by atoms with van der Waals surface area (Å²) in [5, 5.41) is 0. The second-order valence-electron chi connectivity index (χ2n) is 3.67. The number of rotatable bonds is 3. The SMILES string of the molecule is COC(=O)C(C(C)=O)[C@H]1C=CC=CCC1. The molecule has 0 spiro atoms. The molecule has 1 rings (SSSR count). The van der Waals surface area contributed by atoms with Gasteiger partial charge < -0.3 is 4.74 Å². The number of carbonyl (C=O) groups is 2. The van der Waals surface area contributed by atoms with Crippen molar-refractivity contribution in [2.75, 3.05) is 7.11 Å². The molecule has 1 aliphatic carbocycles. The average Bonchev–Trinajstić information content (AvgIpc) is 2.46. The van der Waals surface area contributed by atoms with E-state index in [1.807, 2.05) is 24.3 Å². The van der Waals surface area contributed by atoms with Crippen LogP contribution in [-0.4, -0.2) is 18.9 Å². The standard InChI is InChI=1S/C12H16O3/c1-9(13)11(12(14)15-2)10-7-5-3-4-6-8-10/h3-5,7,10-11H,6,8H2,1-2H3/t10-,11?/m0/s1. The first-order valence-electron chi connectivity index (χ1n) is 5.08. The van der Waals surface area contributed by atoms with Crippen LogP contribution < -0.4 is 0 Å². The van der Waals surface area contributed by atoms with Crippen LogP contribution >= 0.6 is 0 Å². The van der Waals surface area contributed by atoms with E-state index in [1.165, 1.54) is 14.0 Å². The molecule has 0 N–H and O–H groups in total.